The van der Waals surface area contributed by atoms with Crippen LogP contribution in [0.25, 0.3) is 0 Å². The molecule has 3 heteroatoms. The van der Waals surface area contributed by atoms with Gasteiger partial charge in [0.1, 0.15) is 0 Å². The van der Waals surface area contributed by atoms with Crippen LogP contribution in [-0.4, -0.2) is 29.5 Å². The SMILES string of the molecule is NCCc1cc(CN2CCCCC2)ccn1. The number of nitrogens with two attached hydrogens (primary N) is 1. The minimum absolute atomic E-state index is 0.681. The lowest BCUT2D eigenvalue weighted by atomic mass is 10.1. The second-order valence-electron chi connectivity index (χ2n) is 4.53. The molecule has 2 N–H and O–H groups in total. The Kier molecular flexibility index (Phi) is 4.31. The van der Waals surface area contributed by atoms with Crippen LogP contribution in [0, 0.1) is 0 Å². The topological polar surface area (TPSA) is 42.1 Å². The minimum Gasteiger partial charge on any atom is -0.330 e. The van der Waals surface area contributed by atoms with Crippen molar-refractivity contribution in [1.82, 2.24) is 9.88 Å². The van der Waals surface area contributed by atoms with E-state index in [1.165, 1.54) is 37.9 Å². The van der Waals surface area contributed by atoms with Crippen molar-refractivity contribution < 1.29 is 0 Å². The zero-order valence-corrected chi connectivity index (χ0v) is 9.86. The molecule has 2 heterocycles. The summed E-state index contributed by atoms with van der Waals surface area (Å²) in [5.74, 6) is 0. The second-order valence-corrected chi connectivity index (χ2v) is 4.53. The first kappa shape index (κ1) is 11.6. The quantitative estimate of drug-likeness (QED) is 0.836. The molecule has 1 saturated heterocycles. The van der Waals surface area contributed by atoms with Gasteiger partial charge in [0, 0.05) is 24.9 Å². The number of nitrogens with zero attached hydrogens (tertiary/aromatic N) is 2. The van der Waals surface area contributed by atoms with Gasteiger partial charge < -0.3 is 5.73 Å². The Morgan fingerprint density at radius 2 is 2.06 bits per heavy atom. The highest BCUT2D eigenvalue weighted by atomic mass is 15.1. The monoisotopic (exact) mass is 219 g/mol. The van der Waals surface area contributed by atoms with Crippen LogP contribution in [0.4, 0.5) is 0 Å². The summed E-state index contributed by atoms with van der Waals surface area (Å²) in [5.41, 5.74) is 8.04. The summed E-state index contributed by atoms with van der Waals surface area (Å²) < 4.78 is 0. The normalized spacial score (nSPS) is 17.6. The van der Waals surface area contributed by atoms with Crippen LogP contribution in [0.2, 0.25) is 0 Å². The number of aromatic nitrogens is 1. The molecule has 88 valence electrons. The highest BCUT2D eigenvalue weighted by Crippen LogP contribution is 2.13. The molecule has 0 aromatic carbocycles. The standard InChI is InChI=1S/C13H21N3/c14-6-4-13-10-12(5-7-15-13)11-16-8-2-1-3-9-16/h5,7,10H,1-4,6,8-9,11,14H2. The van der Waals surface area contributed by atoms with E-state index >= 15 is 0 Å². The largest absolute Gasteiger partial charge is 0.330 e. The molecule has 0 bridgehead atoms. The smallest absolute Gasteiger partial charge is 0.0419 e. The van der Waals surface area contributed by atoms with E-state index in [1.54, 1.807) is 0 Å². The van der Waals surface area contributed by atoms with E-state index < -0.39 is 0 Å². The van der Waals surface area contributed by atoms with Crippen molar-refractivity contribution in [3.63, 3.8) is 0 Å². The zero-order chi connectivity index (χ0) is 11.2. The van der Waals surface area contributed by atoms with Crippen LogP contribution in [0.15, 0.2) is 18.3 Å². The molecule has 16 heavy (non-hydrogen) atoms. The number of likely N-dealkylation sites (tertiary alicyclic amines) is 1. The van der Waals surface area contributed by atoms with Gasteiger partial charge in [-0.3, -0.25) is 9.88 Å². The Bertz CT molecular complexity index is 319. The van der Waals surface area contributed by atoms with Crippen molar-refractivity contribution in [1.29, 1.82) is 0 Å². The van der Waals surface area contributed by atoms with E-state index in [9.17, 15) is 0 Å². The fraction of sp³-hybridized carbons (Fsp3) is 0.615. The van der Waals surface area contributed by atoms with Gasteiger partial charge >= 0.3 is 0 Å². The molecule has 1 aromatic heterocycles. The molecule has 1 aliphatic heterocycles. The minimum atomic E-state index is 0.681. The molecular weight excluding hydrogens is 198 g/mol. The lowest BCUT2D eigenvalue weighted by Gasteiger charge is -2.26. The van der Waals surface area contributed by atoms with E-state index in [-0.39, 0.29) is 0 Å². The van der Waals surface area contributed by atoms with Crippen LogP contribution < -0.4 is 5.73 Å². The average Bonchev–Trinajstić information content (AvgIpc) is 2.31. The number of hydrogen-bond acceptors (Lipinski definition) is 3. The molecule has 2 rings (SSSR count). The third-order valence-electron chi connectivity index (χ3n) is 3.14. The Balaban J connectivity index is 1.94. The maximum Gasteiger partial charge on any atom is 0.0419 e. The lowest BCUT2D eigenvalue weighted by molar-refractivity contribution is 0.221. The van der Waals surface area contributed by atoms with Crippen molar-refractivity contribution in [3.8, 4) is 0 Å². The van der Waals surface area contributed by atoms with Gasteiger partial charge in [0.05, 0.1) is 0 Å². The van der Waals surface area contributed by atoms with Crippen LogP contribution >= 0.6 is 0 Å². The van der Waals surface area contributed by atoms with Gasteiger partial charge in [0.15, 0.2) is 0 Å². The molecule has 1 aliphatic rings. The first-order chi connectivity index (χ1) is 7.88. The highest BCUT2D eigenvalue weighted by molar-refractivity contribution is 5.16. The summed E-state index contributed by atoms with van der Waals surface area (Å²) in [7, 11) is 0. The van der Waals surface area contributed by atoms with Crippen molar-refractivity contribution >= 4 is 0 Å². The van der Waals surface area contributed by atoms with Gasteiger partial charge in [0.25, 0.3) is 0 Å². The summed E-state index contributed by atoms with van der Waals surface area (Å²) in [5, 5.41) is 0. The van der Waals surface area contributed by atoms with Crippen LogP contribution in [0.5, 0.6) is 0 Å². The van der Waals surface area contributed by atoms with Gasteiger partial charge in [-0.2, -0.15) is 0 Å². The van der Waals surface area contributed by atoms with Gasteiger partial charge in [0.2, 0.25) is 0 Å². The fourth-order valence-electron chi connectivity index (χ4n) is 2.29. The van der Waals surface area contributed by atoms with Crippen molar-refractivity contribution in [2.75, 3.05) is 19.6 Å². The first-order valence-electron chi connectivity index (χ1n) is 6.25. The number of piperidine rings is 1. The van der Waals surface area contributed by atoms with Gasteiger partial charge in [-0.1, -0.05) is 6.42 Å². The summed E-state index contributed by atoms with van der Waals surface area (Å²) in [4.78, 5) is 6.86. The zero-order valence-electron chi connectivity index (χ0n) is 9.86. The molecule has 0 spiro atoms. The van der Waals surface area contributed by atoms with Gasteiger partial charge in [-0.05, 0) is 50.2 Å². The van der Waals surface area contributed by atoms with Crippen molar-refractivity contribution in [3.05, 3.63) is 29.6 Å². The highest BCUT2D eigenvalue weighted by Gasteiger charge is 2.10. The van der Waals surface area contributed by atoms with Gasteiger partial charge in [-0.15, -0.1) is 0 Å². The van der Waals surface area contributed by atoms with E-state index in [4.69, 9.17) is 5.73 Å². The predicted molar refractivity (Wildman–Crippen MR) is 66.1 cm³/mol. The van der Waals surface area contributed by atoms with Crippen molar-refractivity contribution in [2.45, 2.75) is 32.2 Å². The molecule has 1 fully saturated rings. The molecule has 0 atom stereocenters. The molecule has 0 amide bonds. The number of hydrogen-bond donors (Lipinski definition) is 1. The second kappa shape index (κ2) is 5.97. The van der Waals surface area contributed by atoms with Crippen LogP contribution in [-0.2, 0) is 13.0 Å². The maximum absolute atomic E-state index is 5.54. The van der Waals surface area contributed by atoms with Crippen LogP contribution in [0.3, 0.4) is 0 Å². The number of pyridine rings is 1. The Morgan fingerprint density at radius 1 is 1.25 bits per heavy atom. The first-order valence-corrected chi connectivity index (χ1v) is 6.25. The number of rotatable bonds is 4. The Labute approximate surface area is 97.7 Å². The fourth-order valence-corrected chi connectivity index (χ4v) is 2.29. The Hall–Kier alpha value is -0.930. The summed E-state index contributed by atoms with van der Waals surface area (Å²) in [6.45, 7) is 4.24. The Morgan fingerprint density at radius 3 is 2.81 bits per heavy atom. The molecule has 0 unspecified atom stereocenters. The van der Waals surface area contributed by atoms with E-state index in [1.807, 2.05) is 6.20 Å². The lowest BCUT2D eigenvalue weighted by Crippen LogP contribution is -2.29. The molecular formula is C13H21N3. The third-order valence-corrected chi connectivity index (χ3v) is 3.14. The summed E-state index contributed by atoms with van der Waals surface area (Å²) in [6, 6.07) is 4.32. The molecule has 0 radical (unpaired) electrons. The van der Waals surface area contributed by atoms with Crippen LogP contribution in [0.1, 0.15) is 30.5 Å². The maximum atomic E-state index is 5.54. The van der Waals surface area contributed by atoms with Crippen molar-refractivity contribution in [2.24, 2.45) is 5.73 Å². The average molecular weight is 219 g/mol. The third kappa shape index (κ3) is 3.29. The van der Waals surface area contributed by atoms with E-state index in [2.05, 4.69) is 22.0 Å². The summed E-state index contributed by atoms with van der Waals surface area (Å²) in [6.07, 6.45) is 6.88. The van der Waals surface area contributed by atoms with E-state index in [0.717, 1.165) is 18.7 Å². The molecule has 1 aromatic rings. The molecule has 3 nitrogen and oxygen atoms in total. The van der Waals surface area contributed by atoms with Gasteiger partial charge in [-0.25, -0.2) is 0 Å². The molecule has 0 saturated carbocycles. The summed E-state index contributed by atoms with van der Waals surface area (Å²) >= 11 is 0. The molecule has 0 aliphatic carbocycles. The predicted octanol–water partition coefficient (Wildman–Crippen LogP) is 1.57. The van der Waals surface area contributed by atoms with E-state index in [0.29, 0.717) is 6.54 Å².